The number of amides is 1. The van der Waals surface area contributed by atoms with E-state index in [1.807, 2.05) is 71.1 Å². The molecule has 0 bridgehead atoms. The average Bonchev–Trinajstić information content (AvgIpc) is 3.28. The molecule has 8 heteroatoms. The molecule has 0 unspecified atom stereocenters. The number of allylic oxidation sites excluding steroid dienone is 1. The van der Waals surface area contributed by atoms with Gasteiger partial charge in [-0.25, -0.2) is 4.79 Å². The maximum absolute atomic E-state index is 13.1. The minimum absolute atomic E-state index is 0.230. The number of benzene rings is 1. The summed E-state index contributed by atoms with van der Waals surface area (Å²) in [4.78, 5) is 25.7. The lowest BCUT2D eigenvalue weighted by atomic mass is 9.89. The highest BCUT2D eigenvalue weighted by atomic mass is 16.5. The van der Waals surface area contributed by atoms with Gasteiger partial charge in [-0.2, -0.15) is 0 Å². The molecule has 1 aromatic carbocycles. The number of ether oxygens (including phenoxy) is 2. The van der Waals surface area contributed by atoms with E-state index in [1.165, 1.54) is 0 Å². The number of nitrogens with zero attached hydrogens (tertiary/aromatic N) is 1. The van der Waals surface area contributed by atoms with E-state index >= 15 is 0 Å². The van der Waals surface area contributed by atoms with E-state index < -0.39 is 17.7 Å². The number of aromatic nitrogens is 1. The molecule has 0 aliphatic carbocycles. The normalized spacial score (nSPS) is 13.8. The van der Waals surface area contributed by atoms with Gasteiger partial charge in [0.05, 0.1) is 22.4 Å². The van der Waals surface area contributed by atoms with Gasteiger partial charge in [-0.15, -0.1) is 0 Å². The van der Waals surface area contributed by atoms with Crippen molar-refractivity contribution in [2.24, 2.45) is 0 Å². The zero-order valence-corrected chi connectivity index (χ0v) is 22.5. The number of pyridine rings is 1. The SMILES string of the molecule is CC(C)=CNC(=O)c1ccn2c(C)c([C@H](OC(C)(C)C)C(=O)O)c(-c3ccc4c(c3)NCCO4)c(C)c12. The van der Waals surface area contributed by atoms with Crippen molar-refractivity contribution < 1.29 is 24.2 Å². The summed E-state index contributed by atoms with van der Waals surface area (Å²) < 4.78 is 13.8. The Labute approximate surface area is 217 Å². The predicted octanol–water partition coefficient (Wildman–Crippen LogP) is 5.62. The lowest BCUT2D eigenvalue weighted by Crippen LogP contribution is -2.29. The number of carbonyl (C=O) groups is 2. The number of hydrogen-bond acceptors (Lipinski definition) is 5. The van der Waals surface area contributed by atoms with Crippen LogP contribution in [0.1, 0.15) is 67.9 Å². The molecule has 1 atom stereocenters. The fourth-order valence-electron chi connectivity index (χ4n) is 4.77. The average molecular weight is 506 g/mol. The molecule has 0 saturated carbocycles. The van der Waals surface area contributed by atoms with Crippen molar-refractivity contribution in [2.45, 2.75) is 60.2 Å². The minimum atomic E-state index is -1.22. The summed E-state index contributed by atoms with van der Waals surface area (Å²) in [5, 5.41) is 16.5. The second-order valence-electron chi connectivity index (χ2n) is 10.6. The van der Waals surface area contributed by atoms with Crippen LogP contribution in [0.5, 0.6) is 5.75 Å². The number of aliphatic carboxylic acids is 1. The van der Waals surface area contributed by atoms with Crippen LogP contribution in [0, 0.1) is 13.8 Å². The summed E-state index contributed by atoms with van der Waals surface area (Å²) >= 11 is 0. The van der Waals surface area contributed by atoms with Gasteiger partial charge in [0.1, 0.15) is 12.4 Å². The summed E-state index contributed by atoms with van der Waals surface area (Å²) in [5.74, 6) is -0.561. The Morgan fingerprint density at radius 1 is 1.22 bits per heavy atom. The number of fused-ring (bicyclic) bond motifs is 2. The minimum Gasteiger partial charge on any atom is -0.490 e. The van der Waals surface area contributed by atoms with Gasteiger partial charge in [0.2, 0.25) is 0 Å². The number of rotatable bonds is 6. The maximum atomic E-state index is 13.1. The van der Waals surface area contributed by atoms with Gasteiger partial charge < -0.3 is 29.6 Å². The van der Waals surface area contributed by atoms with Crippen molar-refractivity contribution in [2.75, 3.05) is 18.5 Å². The topological polar surface area (TPSA) is 101 Å². The van der Waals surface area contributed by atoms with Crippen molar-refractivity contribution in [1.82, 2.24) is 9.72 Å². The molecule has 0 fully saturated rings. The highest BCUT2D eigenvalue weighted by Gasteiger charge is 2.33. The molecule has 196 valence electrons. The number of carboxylic acids is 1. The third-order valence-corrected chi connectivity index (χ3v) is 6.27. The lowest BCUT2D eigenvalue weighted by Gasteiger charge is -2.29. The number of anilines is 1. The molecule has 3 N–H and O–H groups in total. The molecule has 1 aliphatic heterocycles. The molecule has 4 rings (SSSR count). The molecule has 1 amide bonds. The first-order chi connectivity index (χ1) is 17.4. The molecule has 3 aromatic rings. The second kappa shape index (κ2) is 9.94. The molecule has 3 heterocycles. The smallest absolute Gasteiger partial charge is 0.337 e. The Morgan fingerprint density at radius 2 is 1.95 bits per heavy atom. The van der Waals surface area contributed by atoms with E-state index in [0.717, 1.165) is 39.2 Å². The Morgan fingerprint density at radius 3 is 2.59 bits per heavy atom. The molecule has 0 saturated heterocycles. The van der Waals surface area contributed by atoms with Crippen LogP contribution in [0.15, 0.2) is 42.2 Å². The fourth-order valence-corrected chi connectivity index (χ4v) is 4.77. The monoisotopic (exact) mass is 505 g/mol. The van der Waals surface area contributed by atoms with Crippen molar-refractivity contribution in [1.29, 1.82) is 0 Å². The highest BCUT2D eigenvalue weighted by Crippen LogP contribution is 2.42. The molecule has 0 spiro atoms. The number of hydrogen-bond donors (Lipinski definition) is 3. The first-order valence-electron chi connectivity index (χ1n) is 12.4. The molecule has 2 aromatic heterocycles. The van der Waals surface area contributed by atoms with E-state index in [2.05, 4.69) is 10.6 Å². The van der Waals surface area contributed by atoms with Crippen molar-refractivity contribution >= 4 is 23.1 Å². The third kappa shape index (κ3) is 5.20. The van der Waals surface area contributed by atoms with Gasteiger partial charge in [0.25, 0.3) is 5.91 Å². The molecule has 37 heavy (non-hydrogen) atoms. The lowest BCUT2D eigenvalue weighted by molar-refractivity contribution is -0.160. The Bertz CT molecular complexity index is 1410. The summed E-state index contributed by atoms with van der Waals surface area (Å²) in [5.41, 5.74) is 5.91. The Hall–Kier alpha value is -3.78. The third-order valence-electron chi connectivity index (χ3n) is 6.27. The van der Waals surface area contributed by atoms with Crippen LogP contribution in [0.2, 0.25) is 0 Å². The van der Waals surface area contributed by atoms with Crippen LogP contribution in [0.3, 0.4) is 0 Å². The van der Waals surface area contributed by atoms with Gasteiger partial charge in [-0.3, -0.25) is 4.79 Å². The molecular formula is C29H35N3O5. The zero-order valence-electron chi connectivity index (χ0n) is 22.5. The second-order valence-corrected chi connectivity index (χ2v) is 10.6. The molecular weight excluding hydrogens is 470 g/mol. The fraction of sp³-hybridized carbons (Fsp3) is 0.379. The first-order valence-corrected chi connectivity index (χ1v) is 12.4. The first kappa shape index (κ1) is 26.3. The zero-order chi connectivity index (χ0) is 27.1. The summed E-state index contributed by atoms with van der Waals surface area (Å²) in [6, 6.07) is 7.55. The van der Waals surface area contributed by atoms with E-state index in [9.17, 15) is 14.7 Å². The van der Waals surface area contributed by atoms with Crippen LogP contribution in [-0.2, 0) is 9.53 Å². The largest absolute Gasteiger partial charge is 0.490 e. The van der Waals surface area contributed by atoms with Crippen molar-refractivity contribution in [3.05, 3.63) is 64.6 Å². The van der Waals surface area contributed by atoms with Crippen LogP contribution in [0.4, 0.5) is 5.69 Å². The van der Waals surface area contributed by atoms with Gasteiger partial charge in [0, 0.05) is 30.2 Å². The quantitative estimate of drug-likeness (QED) is 0.402. The number of carbonyl (C=O) groups excluding carboxylic acids is 1. The number of aryl methyl sites for hydroxylation is 2. The van der Waals surface area contributed by atoms with Crippen LogP contribution >= 0.6 is 0 Å². The van der Waals surface area contributed by atoms with E-state index in [4.69, 9.17) is 9.47 Å². The van der Waals surface area contributed by atoms with Crippen molar-refractivity contribution in [3.8, 4) is 16.9 Å². The van der Waals surface area contributed by atoms with Gasteiger partial charge >= 0.3 is 5.97 Å². The summed E-state index contributed by atoms with van der Waals surface area (Å²) in [6.07, 6.45) is 2.26. The summed E-state index contributed by atoms with van der Waals surface area (Å²) in [6.45, 7) is 14.4. The summed E-state index contributed by atoms with van der Waals surface area (Å²) in [7, 11) is 0. The standard InChI is InChI=1S/C29H35N3O5/c1-16(2)15-31-27(33)20-10-12-32-18(4)24(26(28(34)35)37-29(5,6)7)23(17(3)25(20)32)19-8-9-22-21(14-19)30-11-13-36-22/h8-10,12,14-15,26,30H,11,13H2,1-7H3,(H,31,33)(H,34,35)/t26-/m0/s1. The number of nitrogens with one attached hydrogen (secondary N) is 2. The predicted molar refractivity (Wildman–Crippen MR) is 144 cm³/mol. The van der Waals surface area contributed by atoms with Gasteiger partial charge in [-0.1, -0.05) is 11.6 Å². The highest BCUT2D eigenvalue weighted by molar-refractivity contribution is 6.04. The van der Waals surface area contributed by atoms with Gasteiger partial charge in [0.15, 0.2) is 6.10 Å². The van der Waals surface area contributed by atoms with Crippen LogP contribution in [0.25, 0.3) is 16.6 Å². The van der Waals surface area contributed by atoms with E-state index in [-0.39, 0.29) is 5.91 Å². The maximum Gasteiger partial charge on any atom is 0.337 e. The Balaban J connectivity index is 2.04. The van der Waals surface area contributed by atoms with Crippen LogP contribution in [-0.4, -0.2) is 40.1 Å². The number of carboxylic acid groups (broad SMARTS) is 1. The molecule has 1 aliphatic rings. The Kier molecular flexibility index (Phi) is 7.06. The van der Waals surface area contributed by atoms with Crippen LogP contribution < -0.4 is 15.4 Å². The molecule has 0 radical (unpaired) electrons. The van der Waals surface area contributed by atoms with E-state index in [1.54, 1.807) is 18.5 Å². The van der Waals surface area contributed by atoms with E-state index in [0.29, 0.717) is 30.0 Å². The van der Waals surface area contributed by atoms with Gasteiger partial charge in [-0.05, 0) is 83.4 Å². The molecule has 8 nitrogen and oxygen atoms in total. The van der Waals surface area contributed by atoms with Crippen molar-refractivity contribution in [3.63, 3.8) is 0 Å².